The number of carbonyl (C=O) groups excluding carboxylic acids is 1. The van der Waals surface area contributed by atoms with Crippen LogP contribution in [0.1, 0.15) is 23.5 Å². The first kappa shape index (κ1) is 8.92. The predicted molar refractivity (Wildman–Crippen MR) is 58.8 cm³/mol. The lowest BCUT2D eigenvalue weighted by atomic mass is 9.84. The van der Waals surface area contributed by atoms with E-state index >= 15 is 0 Å². The average molecular weight is 202 g/mol. The third kappa shape index (κ3) is 1.35. The van der Waals surface area contributed by atoms with Crippen molar-refractivity contribution in [3.63, 3.8) is 0 Å². The molecule has 1 aromatic rings. The maximum Gasteiger partial charge on any atom is 0.225 e. The van der Waals surface area contributed by atoms with Gasteiger partial charge in [0.05, 0.1) is 0 Å². The molecule has 1 atom stereocenters. The van der Waals surface area contributed by atoms with Crippen LogP contribution in [0, 0.1) is 0 Å². The van der Waals surface area contributed by atoms with E-state index in [2.05, 4.69) is 23.3 Å². The van der Waals surface area contributed by atoms with Crippen LogP contribution in [0.25, 0.3) is 0 Å². The quantitative estimate of drug-likeness (QED) is 0.692. The minimum atomic E-state index is 0.153. The monoisotopic (exact) mass is 202 g/mol. The third-order valence-corrected chi connectivity index (χ3v) is 3.28. The van der Waals surface area contributed by atoms with Gasteiger partial charge in [-0.2, -0.15) is 0 Å². The lowest BCUT2D eigenvalue weighted by Crippen LogP contribution is -2.36. The highest BCUT2D eigenvalue weighted by atomic mass is 16.1. The molecule has 1 amide bonds. The van der Waals surface area contributed by atoms with Gasteiger partial charge in [0.2, 0.25) is 5.91 Å². The first-order valence-electron chi connectivity index (χ1n) is 5.34. The van der Waals surface area contributed by atoms with Gasteiger partial charge >= 0.3 is 0 Å². The molecule has 3 rings (SSSR count). The molecule has 0 bridgehead atoms. The van der Waals surface area contributed by atoms with Crippen LogP contribution in [0.3, 0.4) is 0 Å². The van der Waals surface area contributed by atoms with Crippen LogP contribution in [0.4, 0.5) is 5.69 Å². The van der Waals surface area contributed by atoms with E-state index in [0.29, 0.717) is 12.3 Å². The van der Waals surface area contributed by atoms with Crippen LogP contribution in [-0.2, 0) is 11.3 Å². The molecule has 0 radical (unpaired) electrons. The van der Waals surface area contributed by atoms with Gasteiger partial charge in [-0.15, -0.1) is 0 Å². The molecule has 0 aliphatic carbocycles. The highest BCUT2D eigenvalue weighted by molar-refractivity contribution is 5.95. The summed E-state index contributed by atoms with van der Waals surface area (Å²) in [5, 5.41) is 2.96. The summed E-state index contributed by atoms with van der Waals surface area (Å²) in [5.74, 6) is 0.545. The summed E-state index contributed by atoms with van der Waals surface area (Å²) < 4.78 is 0. The Labute approximate surface area is 89.1 Å². The second-order valence-corrected chi connectivity index (χ2v) is 4.52. The SMILES string of the molecule is CN1Cc2cccc3c2C(CC(=O)N3)C1. The van der Waals surface area contributed by atoms with Gasteiger partial charge in [-0.1, -0.05) is 12.1 Å². The average Bonchev–Trinajstić information content (AvgIpc) is 2.16. The molecule has 2 aliphatic heterocycles. The van der Waals surface area contributed by atoms with Crippen LogP contribution in [-0.4, -0.2) is 24.4 Å². The second-order valence-electron chi connectivity index (χ2n) is 4.52. The highest BCUT2D eigenvalue weighted by Crippen LogP contribution is 2.38. The molecule has 1 unspecified atom stereocenters. The van der Waals surface area contributed by atoms with Gasteiger partial charge < -0.3 is 10.2 Å². The lowest BCUT2D eigenvalue weighted by molar-refractivity contribution is -0.117. The molecule has 15 heavy (non-hydrogen) atoms. The second kappa shape index (κ2) is 3.07. The zero-order valence-corrected chi connectivity index (χ0v) is 8.79. The summed E-state index contributed by atoms with van der Waals surface area (Å²) in [6.45, 7) is 1.99. The third-order valence-electron chi connectivity index (χ3n) is 3.28. The Morgan fingerprint density at radius 3 is 3.20 bits per heavy atom. The fraction of sp³-hybridized carbons (Fsp3) is 0.417. The first-order valence-corrected chi connectivity index (χ1v) is 5.34. The van der Waals surface area contributed by atoms with Crippen LogP contribution in [0.5, 0.6) is 0 Å². The van der Waals surface area contributed by atoms with Crippen molar-refractivity contribution >= 4 is 11.6 Å². The number of carbonyl (C=O) groups is 1. The zero-order chi connectivity index (χ0) is 10.4. The number of anilines is 1. The predicted octanol–water partition coefficient (Wildman–Crippen LogP) is 1.56. The van der Waals surface area contributed by atoms with Crippen molar-refractivity contribution < 1.29 is 4.79 Å². The van der Waals surface area contributed by atoms with Crippen LogP contribution in [0.15, 0.2) is 18.2 Å². The summed E-state index contributed by atoms with van der Waals surface area (Å²) in [4.78, 5) is 13.8. The molecule has 2 heterocycles. The zero-order valence-electron chi connectivity index (χ0n) is 8.79. The van der Waals surface area contributed by atoms with Crippen molar-refractivity contribution in [2.75, 3.05) is 18.9 Å². The Kier molecular flexibility index (Phi) is 1.83. The first-order chi connectivity index (χ1) is 7.24. The lowest BCUT2D eigenvalue weighted by Gasteiger charge is -2.36. The molecule has 78 valence electrons. The van der Waals surface area contributed by atoms with Gasteiger partial charge in [-0.25, -0.2) is 0 Å². The van der Waals surface area contributed by atoms with Crippen molar-refractivity contribution in [2.24, 2.45) is 0 Å². The van der Waals surface area contributed by atoms with Crippen molar-refractivity contribution in [1.29, 1.82) is 0 Å². The Balaban J connectivity index is 2.15. The highest BCUT2D eigenvalue weighted by Gasteiger charge is 2.31. The largest absolute Gasteiger partial charge is 0.326 e. The maximum atomic E-state index is 11.5. The summed E-state index contributed by atoms with van der Waals surface area (Å²) in [5.41, 5.74) is 3.77. The van der Waals surface area contributed by atoms with Gasteiger partial charge in [0.25, 0.3) is 0 Å². The molecule has 1 N–H and O–H groups in total. The molecule has 0 fully saturated rings. The maximum absolute atomic E-state index is 11.5. The number of nitrogens with one attached hydrogen (secondary N) is 1. The van der Waals surface area contributed by atoms with E-state index in [1.54, 1.807) is 0 Å². The van der Waals surface area contributed by atoms with Crippen molar-refractivity contribution in [1.82, 2.24) is 4.90 Å². The summed E-state index contributed by atoms with van der Waals surface area (Å²) in [7, 11) is 2.11. The molecule has 0 saturated carbocycles. The Hall–Kier alpha value is -1.35. The van der Waals surface area contributed by atoms with Crippen LogP contribution < -0.4 is 5.32 Å². The van der Waals surface area contributed by atoms with Gasteiger partial charge in [-0.05, 0) is 24.2 Å². The number of hydrogen-bond donors (Lipinski definition) is 1. The fourth-order valence-corrected chi connectivity index (χ4v) is 2.76. The summed E-state index contributed by atoms with van der Waals surface area (Å²) in [6, 6.07) is 6.20. The fourth-order valence-electron chi connectivity index (χ4n) is 2.76. The molecule has 1 aromatic carbocycles. The molecule has 0 aromatic heterocycles. The standard InChI is InChI=1S/C12H14N2O/c1-14-6-8-3-2-4-10-12(8)9(7-14)5-11(15)13-10/h2-4,9H,5-7H2,1H3,(H,13,15). The van der Waals surface area contributed by atoms with Crippen LogP contribution >= 0.6 is 0 Å². The Bertz CT molecular complexity index is 428. The number of hydrogen-bond acceptors (Lipinski definition) is 2. The summed E-state index contributed by atoms with van der Waals surface area (Å²) in [6.07, 6.45) is 0.633. The van der Waals surface area contributed by atoms with E-state index in [1.165, 1.54) is 11.1 Å². The molecule has 0 saturated heterocycles. The topological polar surface area (TPSA) is 32.3 Å². The van der Waals surface area contributed by atoms with E-state index in [1.807, 2.05) is 12.1 Å². The smallest absolute Gasteiger partial charge is 0.225 e. The number of benzene rings is 1. The van der Waals surface area contributed by atoms with E-state index < -0.39 is 0 Å². The Morgan fingerprint density at radius 1 is 1.47 bits per heavy atom. The van der Waals surface area contributed by atoms with E-state index in [9.17, 15) is 4.79 Å². The summed E-state index contributed by atoms with van der Waals surface area (Å²) >= 11 is 0. The van der Waals surface area contributed by atoms with Crippen LogP contribution in [0.2, 0.25) is 0 Å². The molecule has 2 aliphatic rings. The molecular formula is C12H14N2O. The van der Waals surface area contributed by atoms with Crippen molar-refractivity contribution in [2.45, 2.75) is 18.9 Å². The van der Waals surface area contributed by atoms with Crippen molar-refractivity contribution in [3.8, 4) is 0 Å². The van der Waals surface area contributed by atoms with Gasteiger partial charge in [0.15, 0.2) is 0 Å². The van der Waals surface area contributed by atoms with E-state index in [4.69, 9.17) is 0 Å². The van der Waals surface area contributed by atoms with Gasteiger partial charge in [0.1, 0.15) is 0 Å². The Morgan fingerprint density at radius 2 is 2.33 bits per heavy atom. The minimum Gasteiger partial charge on any atom is -0.326 e. The molecule has 3 nitrogen and oxygen atoms in total. The molecule has 3 heteroatoms. The minimum absolute atomic E-state index is 0.153. The number of rotatable bonds is 0. The number of nitrogens with zero attached hydrogens (tertiary/aromatic N) is 1. The van der Waals surface area contributed by atoms with Gasteiger partial charge in [0, 0.05) is 31.1 Å². The van der Waals surface area contributed by atoms with E-state index in [-0.39, 0.29) is 5.91 Å². The van der Waals surface area contributed by atoms with E-state index in [0.717, 1.165) is 18.8 Å². The molecular weight excluding hydrogens is 188 g/mol. The number of amides is 1. The molecule has 0 spiro atoms. The number of likely N-dealkylation sites (N-methyl/N-ethyl adjacent to an activating group) is 1. The van der Waals surface area contributed by atoms with Crippen molar-refractivity contribution in [3.05, 3.63) is 29.3 Å². The van der Waals surface area contributed by atoms with Gasteiger partial charge in [-0.3, -0.25) is 4.79 Å². The normalized spacial score (nSPS) is 24.6.